The van der Waals surface area contributed by atoms with Gasteiger partial charge in [0.25, 0.3) is 5.91 Å². The summed E-state index contributed by atoms with van der Waals surface area (Å²) < 4.78 is 5.18. The van der Waals surface area contributed by atoms with Crippen LogP contribution in [0.2, 0.25) is 5.02 Å². The smallest absolute Gasteiger partial charge is 0.275 e. The molecule has 5 nitrogen and oxygen atoms in total. The van der Waals surface area contributed by atoms with E-state index < -0.39 is 0 Å². The number of oxazole rings is 1. The van der Waals surface area contributed by atoms with Crippen LogP contribution >= 0.6 is 11.6 Å². The number of aryl methyl sites for hydroxylation is 1. The Balaban J connectivity index is 1.55. The molecule has 1 aromatic carbocycles. The second-order valence-corrected chi connectivity index (χ2v) is 7.24. The first-order chi connectivity index (χ1) is 13.1. The predicted molar refractivity (Wildman–Crippen MR) is 104 cm³/mol. The summed E-state index contributed by atoms with van der Waals surface area (Å²) in [6.07, 6.45) is 3.38. The Bertz CT molecular complexity index is 969. The van der Waals surface area contributed by atoms with Crippen molar-refractivity contribution in [3.63, 3.8) is 0 Å². The summed E-state index contributed by atoms with van der Waals surface area (Å²) in [7, 11) is 0. The van der Waals surface area contributed by atoms with Crippen LogP contribution < -0.4 is 0 Å². The third kappa shape index (κ3) is 3.88. The van der Waals surface area contributed by atoms with E-state index in [4.69, 9.17) is 21.0 Å². The van der Waals surface area contributed by atoms with Crippen molar-refractivity contribution in [1.82, 2.24) is 14.9 Å². The Morgan fingerprint density at radius 3 is 2.85 bits per heavy atom. The van der Waals surface area contributed by atoms with Gasteiger partial charge in [0, 0.05) is 42.2 Å². The number of amides is 1. The lowest BCUT2D eigenvalue weighted by Crippen LogP contribution is -2.39. The van der Waals surface area contributed by atoms with Crippen molar-refractivity contribution < 1.29 is 9.21 Å². The van der Waals surface area contributed by atoms with Crippen molar-refractivity contribution >= 4 is 17.5 Å². The molecule has 1 aliphatic rings. The van der Waals surface area contributed by atoms with Crippen LogP contribution in [0.5, 0.6) is 0 Å². The molecule has 27 heavy (non-hydrogen) atoms. The van der Waals surface area contributed by atoms with Gasteiger partial charge in [-0.1, -0.05) is 29.8 Å². The summed E-state index contributed by atoms with van der Waals surface area (Å²) in [5.41, 5.74) is 3.26. The fourth-order valence-electron chi connectivity index (χ4n) is 3.51. The van der Waals surface area contributed by atoms with Crippen LogP contribution in [-0.2, 0) is 0 Å². The Morgan fingerprint density at radius 2 is 2.07 bits per heavy atom. The molecule has 2 aromatic heterocycles. The Hall–Kier alpha value is -2.66. The van der Waals surface area contributed by atoms with Gasteiger partial charge in [-0.3, -0.25) is 9.78 Å². The van der Waals surface area contributed by atoms with Crippen molar-refractivity contribution in [2.24, 2.45) is 0 Å². The summed E-state index contributed by atoms with van der Waals surface area (Å²) in [5.74, 6) is 0.625. The SMILES string of the molecule is Cc1nc(C(=O)N2CCC[C@H](c3cccc(-c4cccc(Cl)c4)n3)C2)co1. The fraction of sp³-hybridized carbons (Fsp3) is 0.286. The highest BCUT2D eigenvalue weighted by Crippen LogP contribution is 2.29. The van der Waals surface area contributed by atoms with Crippen molar-refractivity contribution in [3.8, 4) is 11.3 Å². The van der Waals surface area contributed by atoms with Gasteiger partial charge >= 0.3 is 0 Å². The molecular weight excluding hydrogens is 362 g/mol. The molecule has 1 saturated heterocycles. The topological polar surface area (TPSA) is 59.2 Å². The number of hydrogen-bond donors (Lipinski definition) is 0. The molecule has 0 saturated carbocycles. The molecule has 6 heteroatoms. The average molecular weight is 382 g/mol. The summed E-state index contributed by atoms with van der Waals surface area (Å²) >= 11 is 6.11. The van der Waals surface area contributed by atoms with Gasteiger partial charge in [0.15, 0.2) is 11.6 Å². The number of piperidine rings is 1. The largest absolute Gasteiger partial charge is 0.448 e. The molecule has 0 spiro atoms. The summed E-state index contributed by atoms with van der Waals surface area (Å²) in [6, 6.07) is 13.7. The van der Waals surface area contributed by atoms with E-state index in [1.54, 1.807) is 6.92 Å². The predicted octanol–water partition coefficient (Wildman–Crippen LogP) is 4.72. The maximum absolute atomic E-state index is 12.7. The van der Waals surface area contributed by atoms with Gasteiger partial charge in [-0.05, 0) is 37.1 Å². The van der Waals surface area contributed by atoms with E-state index in [0.29, 0.717) is 23.2 Å². The molecule has 4 rings (SSSR count). The first kappa shape index (κ1) is 17.7. The molecule has 0 radical (unpaired) electrons. The first-order valence-corrected chi connectivity index (χ1v) is 9.42. The molecule has 0 bridgehead atoms. The number of carbonyl (C=O) groups excluding carboxylic acids is 1. The average Bonchev–Trinajstić information content (AvgIpc) is 3.14. The van der Waals surface area contributed by atoms with E-state index in [-0.39, 0.29) is 11.8 Å². The standard InChI is InChI=1S/C21H20ClN3O2/c1-14-23-20(13-27-14)21(26)25-10-4-6-16(12-25)19-9-3-8-18(24-19)15-5-2-7-17(22)11-15/h2-3,5,7-9,11,13,16H,4,6,10,12H2,1H3/t16-/m0/s1. The molecule has 1 fully saturated rings. The first-order valence-electron chi connectivity index (χ1n) is 9.04. The zero-order valence-electron chi connectivity index (χ0n) is 15.1. The molecule has 1 atom stereocenters. The number of benzene rings is 1. The van der Waals surface area contributed by atoms with E-state index in [1.807, 2.05) is 47.4 Å². The number of aromatic nitrogens is 2. The van der Waals surface area contributed by atoms with Crippen LogP contribution in [-0.4, -0.2) is 33.9 Å². The van der Waals surface area contributed by atoms with Crippen molar-refractivity contribution in [2.45, 2.75) is 25.7 Å². The van der Waals surface area contributed by atoms with E-state index in [1.165, 1.54) is 6.26 Å². The normalized spacial score (nSPS) is 17.1. The molecule has 0 aliphatic carbocycles. The molecule has 0 N–H and O–H groups in total. The highest BCUT2D eigenvalue weighted by atomic mass is 35.5. The van der Waals surface area contributed by atoms with Gasteiger partial charge in [-0.15, -0.1) is 0 Å². The zero-order valence-corrected chi connectivity index (χ0v) is 15.8. The van der Waals surface area contributed by atoms with Crippen LogP contribution in [0.4, 0.5) is 0 Å². The second kappa shape index (κ2) is 7.53. The minimum Gasteiger partial charge on any atom is -0.448 e. The Kier molecular flexibility index (Phi) is 4.94. The number of rotatable bonds is 3. The number of likely N-dealkylation sites (tertiary alicyclic amines) is 1. The molecule has 3 aromatic rings. The highest BCUT2D eigenvalue weighted by Gasteiger charge is 2.27. The van der Waals surface area contributed by atoms with E-state index in [9.17, 15) is 4.79 Å². The molecule has 1 amide bonds. The van der Waals surface area contributed by atoms with E-state index >= 15 is 0 Å². The lowest BCUT2D eigenvalue weighted by Gasteiger charge is -2.32. The van der Waals surface area contributed by atoms with Crippen molar-refractivity contribution in [3.05, 3.63) is 71.0 Å². The lowest BCUT2D eigenvalue weighted by atomic mass is 9.93. The lowest BCUT2D eigenvalue weighted by molar-refractivity contribution is 0.0700. The van der Waals surface area contributed by atoms with Crippen LogP contribution in [0, 0.1) is 6.92 Å². The van der Waals surface area contributed by atoms with Crippen molar-refractivity contribution in [2.75, 3.05) is 13.1 Å². The van der Waals surface area contributed by atoms with Crippen LogP contribution in [0.15, 0.2) is 53.1 Å². The third-order valence-corrected chi connectivity index (χ3v) is 5.09. The van der Waals surface area contributed by atoms with E-state index in [0.717, 1.165) is 36.3 Å². The van der Waals surface area contributed by atoms with Crippen LogP contribution in [0.3, 0.4) is 0 Å². The van der Waals surface area contributed by atoms with Crippen LogP contribution in [0.1, 0.15) is 40.8 Å². The Morgan fingerprint density at radius 1 is 1.22 bits per heavy atom. The van der Waals surface area contributed by atoms with Gasteiger partial charge in [-0.2, -0.15) is 0 Å². The van der Waals surface area contributed by atoms with Gasteiger partial charge in [0.2, 0.25) is 0 Å². The second-order valence-electron chi connectivity index (χ2n) is 6.80. The monoisotopic (exact) mass is 381 g/mol. The molecule has 3 heterocycles. The number of halogens is 1. The number of hydrogen-bond acceptors (Lipinski definition) is 4. The summed E-state index contributed by atoms with van der Waals surface area (Å²) in [6.45, 7) is 3.10. The fourth-order valence-corrected chi connectivity index (χ4v) is 3.70. The minimum absolute atomic E-state index is 0.0810. The van der Waals surface area contributed by atoms with Crippen LogP contribution in [0.25, 0.3) is 11.3 Å². The quantitative estimate of drug-likeness (QED) is 0.658. The molecule has 0 unspecified atom stereocenters. The third-order valence-electron chi connectivity index (χ3n) is 4.86. The molecule has 138 valence electrons. The maximum atomic E-state index is 12.7. The molecule has 1 aliphatic heterocycles. The van der Waals surface area contributed by atoms with E-state index in [2.05, 4.69) is 4.98 Å². The number of pyridine rings is 1. The number of nitrogens with zero attached hydrogens (tertiary/aromatic N) is 3. The summed E-state index contributed by atoms with van der Waals surface area (Å²) in [4.78, 5) is 23.5. The van der Waals surface area contributed by atoms with Gasteiger partial charge < -0.3 is 9.32 Å². The van der Waals surface area contributed by atoms with Gasteiger partial charge in [-0.25, -0.2) is 4.98 Å². The van der Waals surface area contributed by atoms with Gasteiger partial charge in [0.1, 0.15) is 6.26 Å². The summed E-state index contributed by atoms with van der Waals surface area (Å²) in [5, 5.41) is 0.692. The highest BCUT2D eigenvalue weighted by molar-refractivity contribution is 6.30. The molecular formula is C21H20ClN3O2. The van der Waals surface area contributed by atoms with Gasteiger partial charge in [0.05, 0.1) is 5.69 Å². The van der Waals surface area contributed by atoms with Crippen molar-refractivity contribution in [1.29, 1.82) is 0 Å². The maximum Gasteiger partial charge on any atom is 0.275 e. The minimum atomic E-state index is -0.0810. The number of carbonyl (C=O) groups is 1. The Labute approximate surface area is 163 Å². The zero-order chi connectivity index (χ0) is 18.8.